The van der Waals surface area contributed by atoms with E-state index in [0.717, 1.165) is 73.4 Å². The van der Waals surface area contributed by atoms with E-state index in [0.29, 0.717) is 5.02 Å². The van der Waals surface area contributed by atoms with Crippen LogP contribution in [-0.4, -0.2) is 38.2 Å². The average Bonchev–Trinajstić information content (AvgIpc) is 1.60. The fourth-order valence-corrected chi connectivity index (χ4v) is 16.7. The monoisotopic (exact) mass is 1490 g/mol. The molecule has 0 saturated carbocycles. The van der Waals surface area contributed by atoms with Crippen LogP contribution in [0.2, 0.25) is 5.02 Å². The molecule has 8 heterocycles. The highest BCUT2D eigenvalue weighted by Gasteiger charge is 2.23. The summed E-state index contributed by atoms with van der Waals surface area (Å²) in [7, 11) is 0. The van der Waals surface area contributed by atoms with E-state index in [2.05, 4.69) is 400 Å². The molecule has 115 heavy (non-hydrogen) atoms. The van der Waals surface area contributed by atoms with Gasteiger partial charge in [0.15, 0.2) is 0 Å². The maximum Gasteiger partial charge on any atom is 0.0541 e. The Kier molecular flexibility index (Phi) is 18.1. The van der Waals surface area contributed by atoms with Crippen LogP contribution in [0.1, 0.15) is 0 Å². The highest BCUT2D eigenvalue weighted by molar-refractivity contribution is 6.31. The lowest BCUT2D eigenvalue weighted by molar-refractivity contribution is 1.12. The first-order valence-electron chi connectivity index (χ1n) is 38.5. The van der Waals surface area contributed by atoms with E-state index in [1.54, 1.807) is 0 Å². The predicted molar refractivity (Wildman–Crippen MR) is 479 cm³/mol. The fraction of sp³-hybridized carbons (Fsp3) is 0. The van der Waals surface area contributed by atoms with Crippen molar-refractivity contribution in [1.82, 2.24) is 38.2 Å². The summed E-state index contributed by atoms with van der Waals surface area (Å²) in [5, 5.41) is 14.0. The molecule has 0 aliphatic heterocycles. The number of aromatic nitrogens is 8. The molecule has 0 fully saturated rings. The van der Waals surface area contributed by atoms with Gasteiger partial charge in [0.2, 0.25) is 0 Å². The molecule has 0 aliphatic rings. The highest BCUT2D eigenvalue weighted by atomic mass is 35.5. The second kappa shape index (κ2) is 30.2. The minimum Gasteiger partial charge on any atom is -0.356 e. The van der Waals surface area contributed by atoms with Crippen LogP contribution in [0.25, 0.3) is 154 Å². The SMILES string of the molecule is Clc1cc(-n2c3ccccc3c3ccccc32)cc(-n2c3ccccc3c3ccccc32)c1.c1cc(-c2ccc(Nc3ccc(-c4ccncc4)cc3)cc2)ccn1.c1ccc2c(c1)c1ccccc1n2-c1cc(N(c2ccc(-c3ccncc3)cc2)c2ccc(-c3ccncc3)cc2)cc(-n2c3ccccc3c3ccccc32)c1. The number of fused-ring (bicyclic) bond motifs is 12. The molecule has 0 aliphatic carbocycles. The van der Waals surface area contributed by atoms with Gasteiger partial charge in [-0.2, -0.15) is 0 Å². The summed E-state index contributed by atoms with van der Waals surface area (Å²) in [4.78, 5) is 19.0. The molecule has 14 aromatic carbocycles. The number of anilines is 5. The summed E-state index contributed by atoms with van der Waals surface area (Å²) in [6, 6.07) is 133. The van der Waals surface area contributed by atoms with Gasteiger partial charge in [0, 0.05) is 132 Å². The quantitative estimate of drug-likeness (QED) is 0.124. The Labute approximate surface area is 669 Å². The zero-order valence-corrected chi connectivity index (χ0v) is 63.1. The molecule has 544 valence electrons. The summed E-state index contributed by atoms with van der Waals surface area (Å²) in [6.45, 7) is 0. The minimum absolute atomic E-state index is 0.714. The van der Waals surface area contributed by atoms with E-state index in [9.17, 15) is 0 Å². The molecule has 0 radical (unpaired) electrons. The predicted octanol–water partition coefficient (Wildman–Crippen LogP) is 27.6. The molecule has 0 spiro atoms. The van der Waals surface area contributed by atoms with Crippen molar-refractivity contribution >= 4 is 127 Å². The zero-order valence-electron chi connectivity index (χ0n) is 62.3. The molecule has 0 unspecified atom stereocenters. The summed E-state index contributed by atoms with van der Waals surface area (Å²) >= 11 is 6.76. The molecular formula is C104H71ClN10. The number of para-hydroxylation sites is 8. The Morgan fingerprint density at radius 3 is 0.635 bits per heavy atom. The van der Waals surface area contributed by atoms with Crippen LogP contribution < -0.4 is 10.2 Å². The molecule has 22 aromatic rings. The van der Waals surface area contributed by atoms with E-state index in [1.165, 1.54) is 109 Å². The Balaban J connectivity index is 0.000000124. The molecule has 22 rings (SSSR count). The number of nitrogens with zero attached hydrogens (tertiary/aromatic N) is 9. The van der Waals surface area contributed by atoms with Crippen molar-refractivity contribution in [3.8, 4) is 67.3 Å². The normalized spacial score (nSPS) is 11.3. The summed E-state index contributed by atoms with van der Waals surface area (Å²) < 4.78 is 9.47. The number of benzene rings is 14. The van der Waals surface area contributed by atoms with E-state index in [-0.39, 0.29) is 0 Å². The number of nitrogens with one attached hydrogen (secondary N) is 1. The second-order valence-electron chi connectivity index (χ2n) is 28.5. The molecule has 0 saturated heterocycles. The standard InChI is InChI=1S/C52H35N5.C30H19ClN2.C22H17N3/c1-5-13-49-45(9-1)46-10-2-6-14-50(46)56(49)43-33-42(34-44(35-43)57-51-15-7-3-11-47(51)48-12-4-8-16-52(48)57)55(40-21-17-36(18-22-40)38-25-29-53-30-26-38)41-23-19-37(20-24-41)39-27-31-54-32-28-39;31-20-17-21(32-27-13-5-1-9-23(27)24-10-2-6-14-28(24)32)19-22(18-20)33-29-15-7-3-11-25(29)26-12-4-8-16-30(26)33;1-5-21(6-2-17(1)19-9-13-23-14-10-19)25-22-7-3-18(4-8-22)20-11-15-24-16-12-20/h1-35H;1-19H;1-16,25H. The molecule has 0 bridgehead atoms. The third-order valence-corrected chi connectivity index (χ3v) is 21.9. The van der Waals surface area contributed by atoms with Crippen LogP contribution in [0.5, 0.6) is 0 Å². The number of hydrogen-bond acceptors (Lipinski definition) is 6. The third kappa shape index (κ3) is 13.2. The van der Waals surface area contributed by atoms with Crippen molar-refractivity contribution in [2.24, 2.45) is 0 Å². The van der Waals surface area contributed by atoms with Gasteiger partial charge in [-0.1, -0.05) is 206 Å². The lowest BCUT2D eigenvalue weighted by atomic mass is 10.0. The van der Waals surface area contributed by atoms with Crippen LogP contribution in [0.4, 0.5) is 28.4 Å². The maximum absolute atomic E-state index is 6.76. The summed E-state index contributed by atoms with van der Waals surface area (Å²) in [6.07, 6.45) is 14.6. The lowest BCUT2D eigenvalue weighted by Crippen LogP contribution is -2.12. The number of hydrogen-bond donors (Lipinski definition) is 1. The van der Waals surface area contributed by atoms with Gasteiger partial charge < -0.3 is 28.5 Å². The smallest absolute Gasteiger partial charge is 0.0541 e. The van der Waals surface area contributed by atoms with Crippen molar-refractivity contribution < 1.29 is 0 Å². The van der Waals surface area contributed by atoms with E-state index >= 15 is 0 Å². The largest absolute Gasteiger partial charge is 0.356 e. The molecule has 0 atom stereocenters. The van der Waals surface area contributed by atoms with Gasteiger partial charge in [0.05, 0.1) is 61.2 Å². The first-order chi connectivity index (χ1) is 57.0. The van der Waals surface area contributed by atoms with Gasteiger partial charge in [0.1, 0.15) is 0 Å². The molecular weight excluding hydrogens is 1420 g/mol. The van der Waals surface area contributed by atoms with Crippen LogP contribution in [0, 0.1) is 0 Å². The zero-order chi connectivity index (χ0) is 76.5. The fourth-order valence-electron chi connectivity index (χ4n) is 16.5. The van der Waals surface area contributed by atoms with Crippen molar-refractivity contribution in [3.05, 3.63) is 431 Å². The van der Waals surface area contributed by atoms with Crippen LogP contribution in [0.3, 0.4) is 0 Å². The third-order valence-electron chi connectivity index (χ3n) is 21.7. The number of halogens is 1. The Hall–Kier alpha value is -15.2. The second-order valence-corrected chi connectivity index (χ2v) is 28.9. The van der Waals surface area contributed by atoms with Crippen LogP contribution in [0.15, 0.2) is 426 Å². The Bertz CT molecular complexity index is 6640. The van der Waals surface area contributed by atoms with Crippen molar-refractivity contribution in [3.63, 3.8) is 0 Å². The Morgan fingerprint density at radius 1 is 0.200 bits per heavy atom. The highest BCUT2D eigenvalue weighted by Crippen LogP contribution is 2.44. The van der Waals surface area contributed by atoms with Crippen molar-refractivity contribution in [2.45, 2.75) is 0 Å². The van der Waals surface area contributed by atoms with Gasteiger partial charge in [-0.25, -0.2) is 0 Å². The number of rotatable bonds is 13. The Morgan fingerprint density at radius 2 is 0.400 bits per heavy atom. The van der Waals surface area contributed by atoms with Gasteiger partial charge in [-0.3, -0.25) is 19.9 Å². The summed E-state index contributed by atoms with van der Waals surface area (Å²) in [5.74, 6) is 0. The first-order valence-corrected chi connectivity index (χ1v) is 38.8. The van der Waals surface area contributed by atoms with Crippen LogP contribution in [-0.2, 0) is 0 Å². The van der Waals surface area contributed by atoms with Crippen LogP contribution >= 0.6 is 11.6 Å². The van der Waals surface area contributed by atoms with Gasteiger partial charge >= 0.3 is 0 Å². The molecule has 8 aromatic heterocycles. The molecule has 1 N–H and O–H groups in total. The van der Waals surface area contributed by atoms with Crippen molar-refractivity contribution in [1.29, 1.82) is 0 Å². The average molecular weight is 1500 g/mol. The molecule has 11 heteroatoms. The van der Waals surface area contributed by atoms with Gasteiger partial charge in [-0.05, 0) is 226 Å². The van der Waals surface area contributed by atoms with E-state index in [4.69, 9.17) is 11.6 Å². The van der Waals surface area contributed by atoms with Crippen molar-refractivity contribution in [2.75, 3.05) is 10.2 Å². The van der Waals surface area contributed by atoms with E-state index < -0.39 is 0 Å². The summed E-state index contributed by atoms with van der Waals surface area (Å²) in [5.41, 5.74) is 28.1. The molecule has 0 amide bonds. The van der Waals surface area contributed by atoms with Gasteiger partial charge in [-0.15, -0.1) is 0 Å². The topological polar surface area (TPSA) is 86.6 Å². The molecule has 10 nitrogen and oxygen atoms in total. The lowest BCUT2D eigenvalue weighted by Gasteiger charge is -2.28. The van der Waals surface area contributed by atoms with E-state index in [1.807, 2.05) is 73.8 Å². The maximum atomic E-state index is 6.76. The minimum atomic E-state index is 0.714. The number of pyridine rings is 4. The van der Waals surface area contributed by atoms with Gasteiger partial charge in [0.25, 0.3) is 0 Å². The first kappa shape index (κ1) is 69.0.